The molecule has 1 N–H and O–H groups in total. The van der Waals surface area contributed by atoms with Gasteiger partial charge in [0.15, 0.2) is 0 Å². The van der Waals surface area contributed by atoms with Gasteiger partial charge in [0.2, 0.25) is 0 Å². The molecule has 0 aromatic heterocycles. The largest absolute Gasteiger partial charge is 0.314 e. The summed E-state index contributed by atoms with van der Waals surface area (Å²) >= 11 is 0. The summed E-state index contributed by atoms with van der Waals surface area (Å²) < 4.78 is 0. The van der Waals surface area contributed by atoms with Crippen LogP contribution < -0.4 is 5.32 Å². The number of rotatable bonds is 4. The van der Waals surface area contributed by atoms with Gasteiger partial charge in [0.25, 0.3) is 0 Å². The van der Waals surface area contributed by atoms with E-state index in [0.29, 0.717) is 5.41 Å². The molecule has 2 heterocycles. The van der Waals surface area contributed by atoms with Gasteiger partial charge in [-0.2, -0.15) is 0 Å². The zero-order valence-electron chi connectivity index (χ0n) is 13.2. The average molecular weight is 264 g/mol. The van der Waals surface area contributed by atoms with E-state index in [1.165, 1.54) is 64.7 Å². The highest BCUT2D eigenvalue weighted by Crippen LogP contribution is 2.30. The minimum absolute atomic E-state index is 0.373. The molecule has 0 spiro atoms. The maximum absolute atomic E-state index is 3.65. The summed E-state index contributed by atoms with van der Waals surface area (Å²) in [5.74, 6) is 0. The fraction of sp³-hybridized carbons (Fsp3) is 0.882. The number of hydrogen-bond donors (Lipinski definition) is 1. The van der Waals surface area contributed by atoms with Gasteiger partial charge in [0.05, 0.1) is 0 Å². The molecule has 0 aliphatic carbocycles. The molecule has 2 aliphatic heterocycles. The second kappa shape index (κ2) is 6.90. The Morgan fingerprint density at radius 2 is 2.16 bits per heavy atom. The van der Waals surface area contributed by atoms with Gasteiger partial charge in [-0.1, -0.05) is 38.8 Å². The highest BCUT2D eigenvalue weighted by molar-refractivity contribution is 5.14. The Bertz CT molecular complexity index is 295. The maximum atomic E-state index is 3.65. The second-order valence-electron chi connectivity index (χ2n) is 7.32. The zero-order chi connectivity index (χ0) is 13.7. The number of hydrogen-bond acceptors (Lipinski definition) is 2. The second-order valence-corrected chi connectivity index (χ2v) is 7.32. The van der Waals surface area contributed by atoms with Crippen LogP contribution in [0.1, 0.15) is 59.3 Å². The monoisotopic (exact) mass is 264 g/mol. The summed E-state index contributed by atoms with van der Waals surface area (Å²) in [7, 11) is 0. The van der Waals surface area contributed by atoms with Crippen molar-refractivity contribution in [2.24, 2.45) is 5.41 Å². The summed E-state index contributed by atoms with van der Waals surface area (Å²) in [6, 6.07) is 0.805. The molecule has 0 saturated carbocycles. The van der Waals surface area contributed by atoms with E-state index in [0.717, 1.165) is 6.04 Å². The van der Waals surface area contributed by atoms with Crippen molar-refractivity contribution in [3.05, 3.63) is 11.6 Å². The Kier molecular flexibility index (Phi) is 5.47. The number of nitrogens with one attached hydrogen (secondary N) is 1. The van der Waals surface area contributed by atoms with E-state index in [1.54, 1.807) is 5.57 Å². The van der Waals surface area contributed by atoms with Gasteiger partial charge < -0.3 is 5.32 Å². The summed E-state index contributed by atoms with van der Waals surface area (Å²) in [5.41, 5.74) is 2.02. The molecule has 2 heteroatoms. The Morgan fingerprint density at radius 3 is 2.74 bits per heavy atom. The van der Waals surface area contributed by atoms with Gasteiger partial charge in [-0.25, -0.2) is 0 Å². The van der Waals surface area contributed by atoms with E-state index in [4.69, 9.17) is 0 Å². The molecule has 110 valence electrons. The molecule has 0 bridgehead atoms. The summed E-state index contributed by atoms with van der Waals surface area (Å²) in [6.45, 7) is 12.0. The van der Waals surface area contributed by atoms with Crippen molar-refractivity contribution < 1.29 is 0 Å². The SMILES string of the molecule is CC(C)(C)C1=CCN(CCCC2CCCCN2)CC1. The smallest absolute Gasteiger partial charge is 0.0166 e. The van der Waals surface area contributed by atoms with Crippen LogP contribution in [0.2, 0.25) is 0 Å². The lowest BCUT2D eigenvalue weighted by Crippen LogP contribution is -2.36. The standard InChI is InChI=1S/C17H32N2/c1-17(2,3)15-9-13-19(14-10-15)12-6-8-16-7-4-5-11-18-16/h9,16,18H,4-8,10-14H2,1-3H3. The van der Waals surface area contributed by atoms with Crippen LogP contribution in [0.4, 0.5) is 0 Å². The normalized spacial score (nSPS) is 26.3. The van der Waals surface area contributed by atoms with Crippen LogP contribution in [0, 0.1) is 5.41 Å². The fourth-order valence-corrected chi connectivity index (χ4v) is 3.33. The minimum atomic E-state index is 0.373. The van der Waals surface area contributed by atoms with Crippen molar-refractivity contribution in [3.8, 4) is 0 Å². The molecule has 0 radical (unpaired) electrons. The molecular formula is C17H32N2. The molecule has 1 atom stereocenters. The van der Waals surface area contributed by atoms with Crippen LogP contribution in [0.25, 0.3) is 0 Å². The molecular weight excluding hydrogens is 232 g/mol. The molecule has 0 amide bonds. The molecule has 19 heavy (non-hydrogen) atoms. The minimum Gasteiger partial charge on any atom is -0.314 e. The average Bonchev–Trinajstić information content (AvgIpc) is 2.39. The van der Waals surface area contributed by atoms with Crippen molar-refractivity contribution in [3.63, 3.8) is 0 Å². The quantitative estimate of drug-likeness (QED) is 0.781. The molecule has 0 aromatic rings. The third kappa shape index (κ3) is 4.92. The van der Waals surface area contributed by atoms with Crippen molar-refractivity contribution in [1.29, 1.82) is 0 Å². The predicted octanol–water partition coefficient (Wildman–Crippen LogP) is 3.59. The van der Waals surface area contributed by atoms with E-state index in [1.807, 2.05) is 0 Å². The molecule has 2 nitrogen and oxygen atoms in total. The molecule has 2 rings (SSSR count). The fourth-order valence-electron chi connectivity index (χ4n) is 3.33. The van der Waals surface area contributed by atoms with Gasteiger partial charge in [0, 0.05) is 19.1 Å². The third-order valence-electron chi connectivity index (χ3n) is 4.70. The topological polar surface area (TPSA) is 15.3 Å². The number of nitrogens with zero attached hydrogens (tertiary/aromatic N) is 1. The van der Waals surface area contributed by atoms with E-state index in [-0.39, 0.29) is 0 Å². The molecule has 2 aliphatic rings. The van der Waals surface area contributed by atoms with Crippen LogP contribution in [0.3, 0.4) is 0 Å². The van der Waals surface area contributed by atoms with Crippen LogP contribution >= 0.6 is 0 Å². The predicted molar refractivity (Wildman–Crippen MR) is 83.5 cm³/mol. The Balaban J connectivity index is 1.64. The van der Waals surface area contributed by atoms with Gasteiger partial charge >= 0.3 is 0 Å². The van der Waals surface area contributed by atoms with E-state index in [2.05, 4.69) is 37.1 Å². The Labute approximate surface area is 119 Å². The van der Waals surface area contributed by atoms with Crippen LogP contribution in [-0.4, -0.2) is 37.1 Å². The van der Waals surface area contributed by atoms with E-state index < -0.39 is 0 Å². The molecule has 1 fully saturated rings. The van der Waals surface area contributed by atoms with Crippen molar-refractivity contribution >= 4 is 0 Å². The first-order valence-electron chi connectivity index (χ1n) is 8.21. The Hall–Kier alpha value is -0.340. The van der Waals surface area contributed by atoms with Crippen LogP contribution in [0.15, 0.2) is 11.6 Å². The third-order valence-corrected chi connectivity index (χ3v) is 4.70. The van der Waals surface area contributed by atoms with E-state index in [9.17, 15) is 0 Å². The van der Waals surface area contributed by atoms with Gasteiger partial charge in [-0.05, 0) is 50.6 Å². The van der Waals surface area contributed by atoms with E-state index >= 15 is 0 Å². The van der Waals surface area contributed by atoms with Crippen LogP contribution in [-0.2, 0) is 0 Å². The summed E-state index contributed by atoms with van der Waals surface area (Å²) in [5, 5.41) is 3.65. The van der Waals surface area contributed by atoms with Gasteiger partial charge in [-0.15, -0.1) is 0 Å². The lowest BCUT2D eigenvalue weighted by atomic mass is 9.83. The van der Waals surface area contributed by atoms with Crippen molar-refractivity contribution in [1.82, 2.24) is 10.2 Å². The van der Waals surface area contributed by atoms with Crippen LogP contribution in [0.5, 0.6) is 0 Å². The Morgan fingerprint density at radius 1 is 1.32 bits per heavy atom. The lowest BCUT2D eigenvalue weighted by molar-refractivity contribution is 0.263. The maximum Gasteiger partial charge on any atom is 0.0166 e. The van der Waals surface area contributed by atoms with Crippen molar-refractivity contribution in [2.75, 3.05) is 26.2 Å². The first kappa shape index (κ1) is 15.1. The first-order valence-corrected chi connectivity index (χ1v) is 8.21. The highest BCUT2D eigenvalue weighted by Gasteiger charge is 2.21. The summed E-state index contributed by atoms with van der Waals surface area (Å²) in [6.07, 6.45) is 10.7. The first-order chi connectivity index (χ1) is 9.05. The summed E-state index contributed by atoms with van der Waals surface area (Å²) in [4.78, 5) is 2.62. The lowest BCUT2D eigenvalue weighted by Gasteiger charge is -2.32. The number of piperidine rings is 1. The van der Waals surface area contributed by atoms with Gasteiger partial charge in [0.1, 0.15) is 0 Å². The zero-order valence-corrected chi connectivity index (χ0v) is 13.2. The highest BCUT2D eigenvalue weighted by atomic mass is 15.1. The molecule has 0 aromatic carbocycles. The van der Waals surface area contributed by atoms with Crippen molar-refractivity contribution in [2.45, 2.75) is 65.3 Å². The molecule has 1 unspecified atom stereocenters. The van der Waals surface area contributed by atoms with Gasteiger partial charge in [-0.3, -0.25) is 4.90 Å². The molecule has 1 saturated heterocycles.